The van der Waals surface area contributed by atoms with Crippen molar-refractivity contribution in [2.24, 2.45) is 0 Å². The number of rotatable bonds is 6. The molecule has 0 rings (SSSR count). The molecule has 0 N–H and O–H groups in total. The Balaban J connectivity index is 4.61. The molecule has 0 heterocycles. The molecule has 1 unspecified atom stereocenters. The lowest BCUT2D eigenvalue weighted by Gasteiger charge is -2.17. The van der Waals surface area contributed by atoms with Crippen LogP contribution in [-0.4, -0.2) is 29.3 Å². The summed E-state index contributed by atoms with van der Waals surface area (Å²) in [5, 5.41) is 10.6. The monoisotopic (exact) mass is 203 g/mol. The van der Waals surface area contributed by atoms with Gasteiger partial charge in [0.05, 0.1) is 6.61 Å². The summed E-state index contributed by atoms with van der Waals surface area (Å²) in [6.07, 6.45) is 0.375. The Morgan fingerprint density at radius 3 is 2.57 bits per heavy atom. The Morgan fingerprint density at radius 1 is 1.64 bits per heavy atom. The van der Waals surface area contributed by atoms with Gasteiger partial charge in [0.1, 0.15) is 6.29 Å². The molecule has 0 aliphatic rings. The maximum absolute atomic E-state index is 11.2. The normalized spacial score (nSPS) is 14.1. The molecule has 0 aromatic rings. The summed E-state index contributed by atoms with van der Waals surface area (Å²) in [6.45, 7) is 2.82. The van der Waals surface area contributed by atoms with Crippen LogP contribution in [-0.2, 0) is 14.3 Å². The van der Waals surface area contributed by atoms with E-state index in [0.29, 0.717) is 6.29 Å². The van der Waals surface area contributed by atoms with Crippen LogP contribution in [0.5, 0.6) is 0 Å². The molecule has 14 heavy (non-hydrogen) atoms. The molecule has 0 saturated carbocycles. The van der Waals surface area contributed by atoms with Crippen LogP contribution >= 0.6 is 0 Å². The van der Waals surface area contributed by atoms with Crippen LogP contribution in [0.1, 0.15) is 26.7 Å². The minimum absolute atomic E-state index is 0.0315. The molecular formula is C8H13NO5. The molecule has 0 aliphatic carbocycles. The fourth-order valence-electron chi connectivity index (χ4n) is 0.894. The van der Waals surface area contributed by atoms with Crippen LogP contribution in [0.3, 0.4) is 0 Å². The average molecular weight is 203 g/mol. The van der Waals surface area contributed by atoms with E-state index in [1.165, 1.54) is 0 Å². The van der Waals surface area contributed by atoms with Crippen molar-refractivity contribution in [1.82, 2.24) is 0 Å². The lowest BCUT2D eigenvalue weighted by Crippen LogP contribution is -2.44. The summed E-state index contributed by atoms with van der Waals surface area (Å²) in [7, 11) is 0. The number of nitrogens with zero attached hydrogens (tertiary/aromatic N) is 1. The highest BCUT2D eigenvalue weighted by atomic mass is 16.6. The van der Waals surface area contributed by atoms with Gasteiger partial charge in [0.25, 0.3) is 0 Å². The first-order valence-corrected chi connectivity index (χ1v) is 4.24. The number of hydrogen-bond acceptors (Lipinski definition) is 5. The van der Waals surface area contributed by atoms with Crippen LogP contribution in [0.25, 0.3) is 0 Å². The molecule has 0 aromatic carbocycles. The second-order valence-electron chi connectivity index (χ2n) is 2.96. The summed E-state index contributed by atoms with van der Waals surface area (Å²) in [5.74, 6) is -0.896. The fourth-order valence-corrected chi connectivity index (χ4v) is 0.894. The van der Waals surface area contributed by atoms with Crippen LogP contribution in [0.15, 0.2) is 0 Å². The van der Waals surface area contributed by atoms with Crippen molar-refractivity contribution in [2.45, 2.75) is 32.2 Å². The van der Waals surface area contributed by atoms with Crippen LogP contribution in [0.2, 0.25) is 0 Å². The summed E-state index contributed by atoms with van der Waals surface area (Å²) >= 11 is 0. The van der Waals surface area contributed by atoms with E-state index < -0.39 is 16.4 Å². The molecule has 6 nitrogen and oxygen atoms in total. The van der Waals surface area contributed by atoms with Gasteiger partial charge in [-0.25, -0.2) is 4.79 Å². The van der Waals surface area contributed by atoms with Crippen molar-refractivity contribution in [3.63, 3.8) is 0 Å². The molecule has 0 aliphatic heterocycles. The van der Waals surface area contributed by atoms with Gasteiger partial charge in [-0.1, -0.05) is 0 Å². The highest BCUT2D eigenvalue weighted by Gasteiger charge is 2.46. The lowest BCUT2D eigenvalue weighted by molar-refractivity contribution is -0.551. The lowest BCUT2D eigenvalue weighted by atomic mass is 9.97. The van der Waals surface area contributed by atoms with Crippen molar-refractivity contribution in [3.8, 4) is 0 Å². The smallest absolute Gasteiger partial charge is 0.384 e. The first-order chi connectivity index (χ1) is 6.49. The van der Waals surface area contributed by atoms with E-state index in [9.17, 15) is 19.7 Å². The number of carbonyl (C=O) groups is 2. The third-order valence-electron chi connectivity index (χ3n) is 1.87. The first kappa shape index (κ1) is 12.5. The Morgan fingerprint density at radius 2 is 2.21 bits per heavy atom. The molecule has 0 aromatic heterocycles. The van der Waals surface area contributed by atoms with Gasteiger partial charge in [-0.05, 0) is 6.92 Å². The van der Waals surface area contributed by atoms with Crippen LogP contribution < -0.4 is 0 Å². The second-order valence-corrected chi connectivity index (χ2v) is 2.96. The SMILES string of the molecule is CCOC(=O)C(C)(CCC=O)[N+](=O)[O-]. The van der Waals surface area contributed by atoms with E-state index in [2.05, 4.69) is 4.74 Å². The largest absolute Gasteiger partial charge is 0.461 e. The Kier molecular flexibility index (Phi) is 4.76. The molecule has 0 saturated heterocycles. The molecule has 0 radical (unpaired) electrons. The highest BCUT2D eigenvalue weighted by Crippen LogP contribution is 2.18. The van der Waals surface area contributed by atoms with E-state index >= 15 is 0 Å². The van der Waals surface area contributed by atoms with Gasteiger partial charge in [0, 0.05) is 24.7 Å². The highest BCUT2D eigenvalue weighted by molar-refractivity contribution is 5.79. The molecule has 0 amide bonds. The minimum atomic E-state index is -1.81. The van der Waals surface area contributed by atoms with Crippen molar-refractivity contribution >= 4 is 12.3 Å². The van der Waals surface area contributed by atoms with Gasteiger partial charge in [-0.2, -0.15) is 0 Å². The predicted octanol–water partition coefficient (Wildman–Crippen LogP) is 0.564. The van der Waals surface area contributed by atoms with E-state index in [1.807, 2.05) is 0 Å². The summed E-state index contributed by atoms with van der Waals surface area (Å²) in [6, 6.07) is 0. The molecular weight excluding hydrogens is 190 g/mol. The second kappa shape index (κ2) is 5.31. The zero-order chi connectivity index (χ0) is 11.2. The third kappa shape index (κ3) is 2.79. The van der Waals surface area contributed by atoms with E-state index in [0.717, 1.165) is 6.92 Å². The van der Waals surface area contributed by atoms with Crippen molar-refractivity contribution in [3.05, 3.63) is 10.1 Å². The maximum Gasteiger partial charge on any atom is 0.384 e. The van der Waals surface area contributed by atoms with Gasteiger partial charge in [0.2, 0.25) is 0 Å². The molecule has 0 bridgehead atoms. The van der Waals surface area contributed by atoms with Crippen molar-refractivity contribution < 1.29 is 19.2 Å². The number of hydrogen-bond donors (Lipinski definition) is 0. The van der Waals surface area contributed by atoms with Crippen LogP contribution in [0.4, 0.5) is 0 Å². The van der Waals surface area contributed by atoms with Crippen LogP contribution in [0, 0.1) is 10.1 Å². The number of carbonyl (C=O) groups excluding carboxylic acids is 2. The van der Waals surface area contributed by atoms with Crippen molar-refractivity contribution in [2.75, 3.05) is 6.61 Å². The molecule has 0 spiro atoms. The standard InChI is InChI=1S/C8H13NO5/c1-3-14-7(11)8(2,9(12)13)5-4-6-10/h6H,3-5H2,1-2H3. The first-order valence-electron chi connectivity index (χ1n) is 4.24. The zero-order valence-electron chi connectivity index (χ0n) is 8.19. The summed E-state index contributed by atoms with van der Waals surface area (Å²) in [4.78, 5) is 31.2. The predicted molar refractivity (Wildman–Crippen MR) is 47.3 cm³/mol. The fraction of sp³-hybridized carbons (Fsp3) is 0.750. The van der Waals surface area contributed by atoms with Crippen molar-refractivity contribution in [1.29, 1.82) is 0 Å². The van der Waals surface area contributed by atoms with Gasteiger partial charge in [0.15, 0.2) is 0 Å². The molecule has 80 valence electrons. The number of esters is 1. The number of nitro groups is 1. The number of aldehydes is 1. The summed E-state index contributed by atoms with van der Waals surface area (Å²) in [5.41, 5.74) is -1.81. The Bertz CT molecular complexity index is 240. The van der Waals surface area contributed by atoms with Gasteiger partial charge < -0.3 is 9.53 Å². The zero-order valence-corrected chi connectivity index (χ0v) is 8.19. The Labute approximate surface area is 81.4 Å². The van der Waals surface area contributed by atoms with E-state index in [4.69, 9.17) is 0 Å². The summed E-state index contributed by atoms with van der Waals surface area (Å²) < 4.78 is 4.57. The van der Waals surface area contributed by atoms with E-state index in [-0.39, 0.29) is 19.4 Å². The van der Waals surface area contributed by atoms with E-state index in [1.54, 1.807) is 6.92 Å². The Hall–Kier alpha value is -1.46. The minimum Gasteiger partial charge on any atom is -0.461 e. The topological polar surface area (TPSA) is 86.5 Å². The molecule has 1 atom stereocenters. The van der Waals surface area contributed by atoms with Gasteiger partial charge >= 0.3 is 11.5 Å². The number of ether oxygens (including phenoxy) is 1. The molecule has 6 heteroatoms. The van der Waals surface area contributed by atoms with Gasteiger partial charge in [-0.3, -0.25) is 10.1 Å². The van der Waals surface area contributed by atoms with Gasteiger partial charge in [-0.15, -0.1) is 0 Å². The average Bonchev–Trinajstić information content (AvgIpc) is 2.14. The quantitative estimate of drug-likeness (QED) is 0.272. The molecule has 0 fully saturated rings. The maximum atomic E-state index is 11.2. The third-order valence-corrected chi connectivity index (χ3v) is 1.87.